The molecule has 2 aliphatic heterocycles. The van der Waals surface area contributed by atoms with Gasteiger partial charge in [-0.05, 0) is 12.8 Å². The number of aliphatic hydroxyl groups is 1. The van der Waals surface area contributed by atoms with Crippen LogP contribution in [0, 0.1) is 5.41 Å². The van der Waals surface area contributed by atoms with Crippen molar-refractivity contribution in [2.24, 2.45) is 5.41 Å². The molecule has 0 aromatic carbocycles. The number of piperazine rings is 1. The largest absolute Gasteiger partial charge is 0.396 e. The fourth-order valence-electron chi connectivity index (χ4n) is 2.86. The Hall–Kier alpha value is -0.210. The van der Waals surface area contributed by atoms with E-state index in [0.717, 1.165) is 32.5 Å². The summed E-state index contributed by atoms with van der Waals surface area (Å²) in [6.45, 7) is 5.04. The molecule has 2 fully saturated rings. The third kappa shape index (κ3) is 3.88. The Kier molecular flexibility index (Phi) is 4.84. The quantitative estimate of drug-likeness (QED) is 0.746. The maximum Gasteiger partial charge on any atom is 0.211 e. The maximum absolute atomic E-state index is 11.5. The molecular weight excluding hydrogens is 268 g/mol. The van der Waals surface area contributed by atoms with Gasteiger partial charge in [0.15, 0.2) is 0 Å². The molecule has 2 saturated heterocycles. The average molecular weight is 292 g/mol. The number of hydrogen-bond acceptors (Lipinski definition) is 5. The predicted octanol–water partition coefficient (Wildman–Crippen LogP) is -0.647. The SMILES string of the molecule is CS(=O)(=O)N1CCN(CC2(CO)CCOCC2)CC1. The highest BCUT2D eigenvalue weighted by Crippen LogP contribution is 2.31. The first kappa shape index (κ1) is 15.2. The van der Waals surface area contributed by atoms with Gasteiger partial charge >= 0.3 is 0 Å². The Morgan fingerprint density at radius 3 is 2.21 bits per heavy atom. The molecule has 0 radical (unpaired) electrons. The van der Waals surface area contributed by atoms with Crippen molar-refractivity contribution in [3.63, 3.8) is 0 Å². The summed E-state index contributed by atoms with van der Waals surface area (Å²) in [6, 6.07) is 0. The van der Waals surface area contributed by atoms with E-state index in [1.807, 2.05) is 0 Å². The molecule has 0 aliphatic carbocycles. The Bertz CT molecular complexity index is 385. The van der Waals surface area contributed by atoms with Crippen LogP contribution in [0.25, 0.3) is 0 Å². The first-order valence-corrected chi connectivity index (χ1v) is 8.66. The summed E-state index contributed by atoms with van der Waals surface area (Å²) in [6.07, 6.45) is 3.03. The highest BCUT2D eigenvalue weighted by atomic mass is 32.2. The van der Waals surface area contributed by atoms with Gasteiger partial charge in [-0.15, -0.1) is 0 Å². The van der Waals surface area contributed by atoms with E-state index in [9.17, 15) is 13.5 Å². The minimum absolute atomic E-state index is 0.0640. The third-order valence-corrected chi connectivity index (χ3v) is 5.55. The van der Waals surface area contributed by atoms with Gasteiger partial charge in [-0.1, -0.05) is 0 Å². The number of aliphatic hydroxyl groups excluding tert-OH is 1. The highest BCUT2D eigenvalue weighted by molar-refractivity contribution is 7.88. The third-order valence-electron chi connectivity index (χ3n) is 4.25. The zero-order valence-corrected chi connectivity index (χ0v) is 12.4. The molecule has 0 saturated carbocycles. The van der Waals surface area contributed by atoms with Gasteiger partial charge in [0, 0.05) is 51.4 Å². The van der Waals surface area contributed by atoms with Crippen molar-refractivity contribution in [1.82, 2.24) is 9.21 Å². The van der Waals surface area contributed by atoms with Gasteiger partial charge < -0.3 is 14.7 Å². The first-order valence-electron chi connectivity index (χ1n) is 6.81. The van der Waals surface area contributed by atoms with E-state index in [0.29, 0.717) is 26.3 Å². The average Bonchev–Trinajstić information content (AvgIpc) is 2.39. The second-order valence-electron chi connectivity index (χ2n) is 5.71. The van der Waals surface area contributed by atoms with E-state index >= 15 is 0 Å². The van der Waals surface area contributed by atoms with Crippen LogP contribution in [0.1, 0.15) is 12.8 Å². The summed E-state index contributed by atoms with van der Waals surface area (Å²) >= 11 is 0. The molecule has 0 amide bonds. The van der Waals surface area contributed by atoms with Crippen LogP contribution in [-0.2, 0) is 14.8 Å². The number of ether oxygens (including phenoxy) is 1. The molecule has 0 spiro atoms. The molecule has 112 valence electrons. The summed E-state index contributed by atoms with van der Waals surface area (Å²) < 4.78 is 29.8. The second-order valence-corrected chi connectivity index (χ2v) is 7.69. The van der Waals surface area contributed by atoms with Gasteiger partial charge in [-0.25, -0.2) is 8.42 Å². The van der Waals surface area contributed by atoms with E-state index in [1.165, 1.54) is 10.6 Å². The fraction of sp³-hybridized carbons (Fsp3) is 1.00. The molecular formula is C12H24N2O4S. The minimum atomic E-state index is -3.07. The fourth-order valence-corrected chi connectivity index (χ4v) is 3.69. The zero-order chi connectivity index (χ0) is 13.9. The first-order chi connectivity index (χ1) is 8.95. The molecule has 0 atom stereocenters. The standard InChI is InChI=1S/C12H24N2O4S/c1-19(16,17)14-6-4-13(5-7-14)10-12(11-15)2-8-18-9-3-12/h15H,2-11H2,1H3. The monoisotopic (exact) mass is 292 g/mol. The summed E-state index contributed by atoms with van der Waals surface area (Å²) in [5.41, 5.74) is -0.0640. The van der Waals surface area contributed by atoms with Crippen molar-refractivity contribution < 1.29 is 18.3 Å². The zero-order valence-electron chi connectivity index (χ0n) is 11.5. The highest BCUT2D eigenvalue weighted by Gasteiger charge is 2.35. The Morgan fingerprint density at radius 1 is 1.16 bits per heavy atom. The Morgan fingerprint density at radius 2 is 1.74 bits per heavy atom. The molecule has 0 aromatic rings. The van der Waals surface area contributed by atoms with E-state index in [-0.39, 0.29) is 12.0 Å². The lowest BCUT2D eigenvalue weighted by molar-refractivity contribution is -0.0377. The van der Waals surface area contributed by atoms with Crippen molar-refractivity contribution in [1.29, 1.82) is 0 Å². The van der Waals surface area contributed by atoms with Crippen LogP contribution < -0.4 is 0 Å². The molecule has 0 aromatic heterocycles. The van der Waals surface area contributed by atoms with Crippen LogP contribution in [0.15, 0.2) is 0 Å². The van der Waals surface area contributed by atoms with Gasteiger partial charge in [-0.3, -0.25) is 0 Å². The Labute approximate surface area is 115 Å². The van der Waals surface area contributed by atoms with E-state index < -0.39 is 10.0 Å². The van der Waals surface area contributed by atoms with E-state index in [1.54, 1.807) is 0 Å². The number of sulfonamides is 1. The minimum Gasteiger partial charge on any atom is -0.396 e. The van der Waals surface area contributed by atoms with Gasteiger partial charge in [0.1, 0.15) is 0 Å². The lowest BCUT2D eigenvalue weighted by atomic mass is 9.80. The molecule has 1 N–H and O–H groups in total. The summed E-state index contributed by atoms with van der Waals surface area (Å²) in [5.74, 6) is 0. The molecule has 6 nitrogen and oxygen atoms in total. The molecule has 2 rings (SSSR count). The van der Waals surface area contributed by atoms with Crippen molar-refractivity contribution in [3.8, 4) is 0 Å². The summed E-state index contributed by atoms with van der Waals surface area (Å²) in [5, 5.41) is 9.66. The summed E-state index contributed by atoms with van der Waals surface area (Å²) in [7, 11) is -3.07. The van der Waals surface area contributed by atoms with Gasteiger partial charge in [0.25, 0.3) is 0 Å². The molecule has 2 aliphatic rings. The van der Waals surface area contributed by atoms with Gasteiger partial charge in [0.2, 0.25) is 10.0 Å². The normalized spacial score (nSPS) is 26.4. The van der Waals surface area contributed by atoms with Crippen molar-refractivity contribution in [2.45, 2.75) is 12.8 Å². The molecule has 2 heterocycles. The molecule has 7 heteroatoms. The smallest absolute Gasteiger partial charge is 0.211 e. The number of nitrogens with zero attached hydrogens (tertiary/aromatic N) is 2. The van der Waals surface area contributed by atoms with Gasteiger partial charge in [0.05, 0.1) is 12.9 Å². The van der Waals surface area contributed by atoms with E-state index in [2.05, 4.69) is 4.90 Å². The molecule has 0 unspecified atom stereocenters. The Balaban J connectivity index is 1.88. The lowest BCUT2D eigenvalue weighted by Crippen LogP contribution is -2.52. The van der Waals surface area contributed by atoms with Crippen LogP contribution in [0.4, 0.5) is 0 Å². The van der Waals surface area contributed by atoms with Crippen molar-refractivity contribution in [2.75, 3.05) is 58.8 Å². The van der Waals surface area contributed by atoms with Crippen LogP contribution >= 0.6 is 0 Å². The van der Waals surface area contributed by atoms with Crippen molar-refractivity contribution >= 4 is 10.0 Å². The molecule has 19 heavy (non-hydrogen) atoms. The maximum atomic E-state index is 11.5. The van der Waals surface area contributed by atoms with Crippen LogP contribution in [-0.4, -0.2) is 81.5 Å². The number of rotatable bonds is 4. The molecule has 0 bridgehead atoms. The lowest BCUT2D eigenvalue weighted by Gasteiger charge is -2.42. The second kappa shape index (κ2) is 6.05. The van der Waals surface area contributed by atoms with Crippen LogP contribution in [0.2, 0.25) is 0 Å². The van der Waals surface area contributed by atoms with Gasteiger partial charge in [-0.2, -0.15) is 4.31 Å². The topological polar surface area (TPSA) is 70.1 Å². The van der Waals surface area contributed by atoms with E-state index in [4.69, 9.17) is 4.74 Å². The van der Waals surface area contributed by atoms with Crippen molar-refractivity contribution in [3.05, 3.63) is 0 Å². The predicted molar refractivity (Wildman–Crippen MR) is 72.4 cm³/mol. The number of hydrogen-bond donors (Lipinski definition) is 1. The summed E-state index contributed by atoms with van der Waals surface area (Å²) in [4.78, 5) is 2.27. The van der Waals surface area contributed by atoms with Crippen LogP contribution in [0.5, 0.6) is 0 Å². The van der Waals surface area contributed by atoms with Crippen LogP contribution in [0.3, 0.4) is 0 Å².